The maximum atomic E-state index is 12.8. The molecule has 3 aromatic rings. The number of ether oxygens (including phenoxy) is 2. The number of pyridine rings is 1. The Morgan fingerprint density at radius 3 is 2.38 bits per heavy atom. The van der Waals surface area contributed by atoms with Crippen molar-refractivity contribution in [2.45, 2.75) is 13.2 Å². The van der Waals surface area contributed by atoms with E-state index in [4.69, 9.17) is 27.9 Å². The molecule has 5 nitrogen and oxygen atoms in total. The third kappa shape index (κ3) is 5.34. The van der Waals surface area contributed by atoms with Gasteiger partial charge < -0.3 is 14.8 Å². The fourth-order valence-corrected chi connectivity index (χ4v) is 2.93. The Hall–Kier alpha value is -2.90. The molecule has 1 N–H and O–H groups in total. The van der Waals surface area contributed by atoms with E-state index in [0.717, 1.165) is 5.56 Å². The van der Waals surface area contributed by atoms with Crippen LogP contribution in [0, 0.1) is 0 Å². The topological polar surface area (TPSA) is 60.5 Å². The summed E-state index contributed by atoms with van der Waals surface area (Å²) in [5, 5.41) is 2.79. The molecule has 0 fully saturated rings. The molecule has 29 heavy (non-hydrogen) atoms. The fraction of sp³-hybridized carbons (Fsp3) is 0.100. The lowest BCUT2D eigenvalue weighted by molar-refractivity contribution is -0.0516. The summed E-state index contributed by atoms with van der Waals surface area (Å²) >= 11 is 12.1. The molecule has 1 heterocycles. The first-order chi connectivity index (χ1) is 14.0. The molecule has 0 saturated heterocycles. The summed E-state index contributed by atoms with van der Waals surface area (Å²) in [6.07, 6.45) is 2.62. The number of nitrogens with zero attached hydrogens (tertiary/aromatic N) is 1. The van der Waals surface area contributed by atoms with Gasteiger partial charge in [0, 0.05) is 12.4 Å². The number of amides is 1. The van der Waals surface area contributed by atoms with Crippen molar-refractivity contribution < 1.29 is 23.0 Å². The minimum absolute atomic E-state index is 0.0250. The minimum Gasteiger partial charge on any atom is -0.484 e. The van der Waals surface area contributed by atoms with Crippen molar-refractivity contribution in [1.82, 2.24) is 4.98 Å². The van der Waals surface area contributed by atoms with Gasteiger partial charge in [-0.05, 0) is 17.7 Å². The predicted octanol–water partition coefficient (Wildman–Crippen LogP) is 5.82. The number of carbonyl (C=O) groups excluding carboxylic acids is 1. The van der Waals surface area contributed by atoms with Crippen LogP contribution in [0.15, 0.2) is 60.9 Å². The van der Waals surface area contributed by atoms with Gasteiger partial charge in [-0.25, -0.2) is 0 Å². The summed E-state index contributed by atoms with van der Waals surface area (Å²) in [6.45, 7) is -3.04. The average Bonchev–Trinajstić information content (AvgIpc) is 2.70. The molecule has 0 saturated carbocycles. The summed E-state index contributed by atoms with van der Waals surface area (Å²) in [5.41, 5.74) is 0.900. The monoisotopic (exact) mass is 438 g/mol. The van der Waals surface area contributed by atoms with E-state index in [1.165, 1.54) is 30.6 Å². The van der Waals surface area contributed by atoms with Crippen LogP contribution in [0.1, 0.15) is 15.9 Å². The van der Waals surface area contributed by atoms with Crippen molar-refractivity contribution in [3.8, 4) is 11.5 Å². The second-order valence-corrected chi connectivity index (χ2v) is 6.53. The van der Waals surface area contributed by atoms with Crippen LogP contribution in [0.25, 0.3) is 0 Å². The molecule has 1 aromatic heterocycles. The number of aromatic nitrogens is 1. The number of hydrogen-bond acceptors (Lipinski definition) is 4. The maximum absolute atomic E-state index is 12.8. The fourth-order valence-electron chi connectivity index (χ4n) is 2.47. The number of carbonyl (C=O) groups is 1. The summed E-state index contributed by atoms with van der Waals surface area (Å²) in [4.78, 5) is 16.6. The van der Waals surface area contributed by atoms with E-state index in [-0.39, 0.29) is 39.4 Å². The molecule has 0 aliphatic heterocycles. The van der Waals surface area contributed by atoms with E-state index < -0.39 is 12.5 Å². The lowest BCUT2D eigenvalue weighted by Crippen LogP contribution is -2.15. The zero-order valence-corrected chi connectivity index (χ0v) is 16.3. The Morgan fingerprint density at radius 1 is 1.03 bits per heavy atom. The van der Waals surface area contributed by atoms with E-state index in [2.05, 4.69) is 15.0 Å². The summed E-state index contributed by atoms with van der Waals surface area (Å²) < 4.78 is 35.9. The predicted molar refractivity (Wildman–Crippen MR) is 106 cm³/mol. The van der Waals surface area contributed by atoms with Crippen molar-refractivity contribution >= 4 is 34.8 Å². The molecule has 0 bridgehead atoms. The lowest BCUT2D eigenvalue weighted by Gasteiger charge is -2.16. The van der Waals surface area contributed by atoms with Gasteiger partial charge in [-0.15, -0.1) is 0 Å². The van der Waals surface area contributed by atoms with Crippen LogP contribution < -0.4 is 14.8 Å². The smallest absolute Gasteiger partial charge is 0.387 e. The summed E-state index contributed by atoms with van der Waals surface area (Å²) in [7, 11) is 0. The second-order valence-electron chi connectivity index (χ2n) is 5.72. The van der Waals surface area contributed by atoms with Crippen LogP contribution >= 0.6 is 23.2 Å². The highest BCUT2D eigenvalue weighted by Crippen LogP contribution is 2.35. The minimum atomic E-state index is -3.09. The first-order valence-electron chi connectivity index (χ1n) is 8.30. The molecule has 2 aromatic carbocycles. The quantitative estimate of drug-likeness (QED) is 0.504. The molecule has 0 atom stereocenters. The van der Waals surface area contributed by atoms with Gasteiger partial charge in [-0.1, -0.05) is 59.6 Å². The molecule has 150 valence electrons. The van der Waals surface area contributed by atoms with Gasteiger partial charge in [-0.2, -0.15) is 8.78 Å². The lowest BCUT2D eigenvalue weighted by atomic mass is 10.1. The standard InChI is InChI=1S/C20H14Cl2F2N2O3/c21-14-9-25-10-15(22)17(14)26-19(27)13-7-4-8-16(29-20(23)24)18(13)28-11-12-5-2-1-3-6-12/h1-10,20H,11H2,(H,25,26,27). The number of anilines is 1. The van der Waals surface area contributed by atoms with Crippen molar-refractivity contribution in [3.05, 3.63) is 82.1 Å². The van der Waals surface area contributed by atoms with Gasteiger partial charge in [0.25, 0.3) is 5.91 Å². The molecule has 0 radical (unpaired) electrons. The van der Waals surface area contributed by atoms with E-state index in [9.17, 15) is 13.6 Å². The van der Waals surface area contributed by atoms with Gasteiger partial charge in [0.1, 0.15) is 6.61 Å². The molecule has 0 aliphatic rings. The van der Waals surface area contributed by atoms with Crippen molar-refractivity contribution in [2.24, 2.45) is 0 Å². The zero-order valence-electron chi connectivity index (χ0n) is 14.7. The normalized spacial score (nSPS) is 10.7. The Kier molecular flexibility index (Phi) is 6.85. The number of benzene rings is 2. The molecule has 3 rings (SSSR count). The molecule has 0 aliphatic carbocycles. The van der Waals surface area contributed by atoms with E-state index >= 15 is 0 Å². The van der Waals surface area contributed by atoms with Crippen molar-refractivity contribution in [3.63, 3.8) is 0 Å². The van der Waals surface area contributed by atoms with Crippen LogP contribution in [0.5, 0.6) is 11.5 Å². The second kappa shape index (κ2) is 9.54. The molecule has 0 spiro atoms. The third-order valence-electron chi connectivity index (χ3n) is 3.76. The SMILES string of the molecule is O=C(Nc1c(Cl)cncc1Cl)c1cccc(OC(F)F)c1OCc1ccccc1. The van der Waals surface area contributed by atoms with Crippen molar-refractivity contribution in [1.29, 1.82) is 0 Å². The van der Waals surface area contributed by atoms with E-state index in [1.807, 2.05) is 6.07 Å². The third-order valence-corrected chi connectivity index (χ3v) is 4.33. The Labute approximate surface area is 175 Å². The van der Waals surface area contributed by atoms with Gasteiger partial charge in [-0.3, -0.25) is 9.78 Å². The number of rotatable bonds is 7. The van der Waals surface area contributed by atoms with Gasteiger partial charge in [0.15, 0.2) is 11.5 Å². The number of alkyl halides is 2. The van der Waals surface area contributed by atoms with E-state index in [0.29, 0.717) is 0 Å². The number of halogens is 4. The Balaban J connectivity index is 1.93. The molecule has 1 amide bonds. The maximum Gasteiger partial charge on any atom is 0.387 e. The van der Waals surface area contributed by atoms with Crippen LogP contribution in [0.2, 0.25) is 10.0 Å². The largest absolute Gasteiger partial charge is 0.484 e. The van der Waals surface area contributed by atoms with Crippen LogP contribution in [-0.2, 0) is 6.61 Å². The first kappa shape index (κ1) is 20.8. The number of para-hydroxylation sites is 1. The average molecular weight is 439 g/mol. The van der Waals surface area contributed by atoms with E-state index in [1.54, 1.807) is 24.3 Å². The highest BCUT2D eigenvalue weighted by atomic mass is 35.5. The summed E-state index contributed by atoms with van der Waals surface area (Å²) in [5.74, 6) is -1.06. The Morgan fingerprint density at radius 2 is 1.72 bits per heavy atom. The Bertz CT molecular complexity index is 984. The van der Waals surface area contributed by atoms with Crippen molar-refractivity contribution in [2.75, 3.05) is 5.32 Å². The highest BCUT2D eigenvalue weighted by molar-refractivity contribution is 6.39. The first-order valence-corrected chi connectivity index (χ1v) is 9.06. The molecular formula is C20H14Cl2F2N2O3. The van der Waals surface area contributed by atoms with Gasteiger partial charge in [0.05, 0.1) is 21.3 Å². The summed E-state index contributed by atoms with van der Waals surface area (Å²) in [6, 6.07) is 13.1. The van der Waals surface area contributed by atoms with Crippen LogP contribution in [-0.4, -0.2) is 17.5 Å². The molecular weight excluding hydrogens is 425 g/mol. The highest BCUT2D eigenvalue weighted by Gasteiger charge is 2.21. The van der Waals surface area contributed by atoms with Gasteiger partial charge in [0.2, 0.25) is 0 Å². The zero-order chi connectivity index (χ0) is 20.8. The van der Waals surface area contributed by atoms with Gasteiger partial charge >= 0.3 is 6.61 Å². The number of nitrogens with one attached hydrogen (secondary N) is 1. The molecule has 9 heteroatoms. The molecule has 0 unspecified atom stereocenters. The van der Waals surface area contributed by atoms with Crippen LogP contribution in [0.4, 0.5) is 14.5 Å². The number of hydrogen-bond donors (Lipinski definition) is 1. The van der Waals surface area contributed by atoms with Crippen LogP contribution in [0.3, 0.4) is 0 Å².